The molecule has 4 aromatic rings. The molecule has 7 heteroatoms. The fraction of sp³-hybridized carbons (Fsp3) is 0.269. The van der Waals surface area contributed by atoms with Gasteiger partial charge in [0.1, 0.15) is 0 Å². The second kappa shape index (κ2) is 8.35. The quantitative estimate of drug-likeness (QED) is 0.275. The molecule has 0 spiro atoms. The molecular formula is C26H22BrFInN3O. The summed E-state index contributed by atoms with van der Waals surface area (Å²) in [6.45, 7) is 2.24. The van der Waals surface area contributed by atoms with E-state index in [-0.39, 0.29) is 5.82 Å². The molecule has 0 saturated heterocycles. The predicted molar refractivity (Wildman–Crippen MR) is 132 cm³/mol. The van der Waals surface area contributed by atoms with Crippen LogP contribution in [-0.4, -0.2) is 39.6 Å². The van der Waals surface area contributed by atoms with Gasteiger partial charge in [0.05, 0.1) is 0 Å². The zero-order chi connectivity index (χ0) is 22.7. The second-order valence-corrected chi connectivity index (χ2v) is 19.6. The van der Waals surface area contributed by atoms with Crippen molar-refractivity contribution in [2.45, 2.75) is 40.0 Å². The first-order valence-corrected chi connectivity index (χ1v) is 18.1. The molecule has 3 heterocycles. The summed E-state index contributed by atoms with van der Waals surface area (Å²) >= 11 is 0.707. The van der Waals surface area contributed by atoms with E-state index in [2.05, 4.69) is 47.1 Å². The molecule has 4 nitrogen and oxygen atoms in total. The van der Waals surface area contributed by atoms with Gasteiger partial charge in [0.2, 0.25) is 0 Å². The normalized spacial score (nSPS) is 17.9. The summed E-state index contributed by atoms with van der Waals surface area (Å²) < 4.78 is 18.8. The van der Waals surface area contributed by atoms with Gasteiger partial charge in [-0.25, -0.2) is 0 Å². The number of nitrogens with zero attached hydrogens (tertiary/aromatic N) is 3. The molecule has 0 N–H and O–H groups in total. The van der Waals surface area contributed by atoms with Gasteiger partial charge in [-0.2, -0.15) is 0 Å². The number of hydrogen-bond donors (Lipinski definition) is 0. The third kappa shape index (κ3) is 3.87. The van der Waals surface area contributed by atoms with E-state index in [1.807, 2.05) is 22.7 Å². The van der Waals surface area contributed by atoms with Crippen LogP contribution in [0.25, 0.3) is 16.9 Å². The third-order valence-electron chi connectivity index (χ3n) is 7.12. The van der Waals surface area contributed by atoms with Crippen LogP contribution in [0.15, 0.2) is 59.1 Å². The molecule has 2 aliphatic rings. The van der Waals surface area contributed by atoms with Crippen molar-refractivity contribution in [1.29, 1.82) is 0 Å². The molecule has 1 fully saturated rings. The molecule has 0 radical (unpaired) electrons. The topological polar surface area (TPSA) is 47.3 Å². The summed E-state index contributed by atoms with van der Waals surface area (Å²) in [5.41, 5.74) is 6.00. The number of halogens is 2. The fourth-order valence-electron chi connectivity index (χ4n) is 5.15. The first-order chi connectivity index (χ1) is 16.0. The number of hydrogen-bond acceptors (Lipinski definition) is 3. The zero-order valence-electron chi connectivity index (χ0n) is 18.3. The molecule has 1 aliphatic carbocycles. The Morgan fingerprint density at radius 3 is 2.76 bits per heavy atom. The van der Waals surface area contributed by atoms with E-state index in [1.165, 1.54) is 17.2 Å². The Morgan fingerprint density at radius 1 is 1.15 bits per heavy atom. The third-order valence-corrected chi connectivity index (χ3v) is 17.4. The van der Waals surface area contributed by atoms with Crippen LogP contribution in [0.3, 0.4) is 0 Å². The molecule has 164 valence electrons. The molecule has 0 bridgehead atoms. The maximum absolute atomic E-state index is 14.6. The first-order valence-electron chi connectivity index (χ1n) is 11.5. The van der Waals surface area contributed by atoms with Gasteiger partial charge in [0.15, 0.2) is 0 Å². The number of aryl methyl sites for hydroxylation is 1. The summed E-state index contributed by atoms with van der Waals surface area (Å²) in [7, 11) is 0. The summed E-state index contributed by atoms with van der Waals surface area (Å²) in [6, 6.07) is 17.3. The summed E-state index contributed by atoms with van der Waals surface area (Å²) in [6.07, 6.45) is 3.18. The van der Waals surface area contributed by atoms with Crippen LogP contribution in [0.2, 0.25) is 4.18 Å². The average Bonchev–Trinajstić information content (AvgIpc) is 3.57. The molecule has 1 aliphatic heterocycles. The Morgan fingerprint density at radius 2 is 1.97 bits per heavy atom. The number of benzene rings is 2. The maximum atomic E-state index is 14.6. The van der Waals surface area contributed by atoms with Gasteiger partial charge in [-0.3, -0.25) is 0 Å². The Balaban J connectivity index is 1.41. The molecule has 0 amide bonds. The van der Waals surface area contributed by atoms with Crippen LogP contribution in [0.5, 0.6) is 0 Å². The number of carbonyl (C=O) groups is 1. The van der Waals surface area contributed by atoms with Gasteiger partial charge >= 0.3 is 209 Å². The van der Waals surface area contributed by atoms with E-state index >= 15 is 0 Å². The SMILES string of the molecule is C[C@@H]1c2ccccc2C[CH2][In]1[C](=O)c1cc(C2CC2)n2nc(-c3ccc(Br)cc3F)cc2n1. The fourth-order valence-corrected chi connectivity index (χ4v) is 14.4. The van der Waals surface area contributed by atoms with Gasteiger partial charge < -0.3 is 0 Å². The van der Waals surface area contributed by atoms with Crippen molar-refractivity contribution in [3.63, 3.8) is 0 Å². The van der Waals surface area contributed by atoms with Crippen molar-refractivity contribution >= 4 is 46.6 Å². The number of fused-ring (bicyclic) bond motifs is 2. The molecule has 2 aromatic heterocycles. The summed E-state index contributed by atoms with van der Waals surface area (Å²) in [4.78, 5) is 18.5. The molecule has 1 saturated carbocycles. The minimum atomic E-state index is -2.60. The molecule has 33 heavy (non-hydrogen) atoms. The van der Waals surface area contributed by atoms with Gasteiger partial charge in [0.25, 0.3) is 0 Å². The van der Waals surface area contributed by atoms with Crippen molar-refractivity contribution in [3.05, 3.63) is 87.4 Å². The van der Waals surface area contributed by atoms with E-state index in [1.54, 1.807) is 6.07 Å². The molecule has 1 atom stereocenters. The van der Waals surface area contributed by atoms with E-state index in [9.17, 15) is 9.18 Å². The minimum absolute atomic E-state index is 0.306. The molecule has 0 unspecified atom stereocenters. The number of rotatable bonds is 4. The van der Waals surface area contributed by atoms with E-state index < -0.39 is 21.4 Å². The standard InChI is InChI=1S/C16H10BrFN3O.C10H12.In/c17-10-3-4-12(13(18)5-10)14-7-16-19-11(8-22)6-15(9-1-2-9)21(16)20-14;1-3-9-7-5-6-8-10(9)4-2;/h3-7,9H,1-2H2;4-8H,1,3H2,2H3;. The van der Waals surface area contributed by atoms with Crippen LogP contribution in [0.4, 0.5) is 4.39 Å². The monoisotopic (exact) mass is 605 g/mol. The molecule has 6 rings (SSSR count). The average molecular weight is 606 g/mol. The first kappa shape index (κ1) is 21.5. The van der Waals surface area contributed by atoms with Crippen molar-refractivity contribution in [2.24, 2.45) is 0 Å². The van der Waals surface area contributed by atoms with Crippen molar-refractivity contribution in [1.82, 2.24) is 14.6 Å². The van der Waals surface area contributed by atoms with Crippen molar-refractivity contribution in [2.75, 3.05) is 0 Å². The predicted octanol–water partition coefficient (Wildman–Crippen LogP) is 6.29. The molecular weight excluding hydrogens is 584 g/mol. The number of carbonyl (C=O) groups excluding carboxylic acids is 1. The summed E-state index contributed by atoms with van der Waals surface area (Å²) in [5.74, 6) is 0.0622. The van der Waals surface area contributed by atoms with E-state index in [0.717, 1.165) is 29.1 Å². The molecule has 2 aromatic carbocycles. The van der Waals surface area contributed by atoms with E-state index in [0.29, 0.717) is 40.2 Å². The van der Waals surface area contributed by atoms with Gasteiger partial charge in [-0.05, 0) is 0 Å². The van der Waals surface area contributed by atoms with Crippen LogP contribution >= 0.6 is 15.9 Å². The van der Waals surface area contributed by atoms with Crippen molar-refractivity contribution in [3.8, 4) is 11.3 Å². The summed E-state index contributed by atoms with van der Waals surface area (Å²) in [5, 5.41) is 4.70. The van der Waals surface area contributed by atoms with Crippen LogP contribution < -0.4 is 0 Å². The van der Waals surface area contributed by atoms with Crippen LogP contribution in [-0.2, 0) is 6.42 Å². The second-order valence-electron chi connectivity index (χ2n) is 9.26. The van der Waals surface area contributed by atoms with Gasteiger partial charge in [0, 0.05) is 0 Å². The van der Waals surface area contributed by atoms with Gasteiger partial charge in [-0.1, -0.05) is 0 Å². The number of aromatic nitrogens is 3. The Kier molecular flexibility index (Phi) is 5.45. The van der Waals surface area contributed by atoms with Gasteiger partial charge in [-0.15, -0.1) is 0 Å². The van der Waals surface area contributed by atoms with E-state index in [4.69, 9.17) is 10.1 Å². The van der Waals surface area contributed by atoms with Crippen molar-refractivity contribution < 1.29 is 9.18 Å². The Labute approximate surface area is 207 Å². The Hall–Kier alpha value is -1.99. The Bertz CT molecular complexity index is 1410. The van der Waals surface area contributed by atoms with Crippen LogP contribution in [0, 0.1) is 5.82 Å². The zero-order valence-corrected chi connectivity index (χ0v) is 23.1. The van der Waals surface area contributed by atoms with Crippen LogP contribution in [0.1, 0.15) is 56.7 Å².